The standard InChI is InChI=1S/C14H20ClNO8/c1-6-11(5-10(20)12(21)23-6)24-16(9(4)19)13(22)14(15,7(2)17)8(3)18/h6,10-12,20-21H,5H2,1-4H3/t6-,10+,11+,12+/m1/s1. The van der Waals surface area contributed by atoms with Gasteiger partial charge in [-0.2, -0.15) is 5.06 Å². The summed E-state index contributed by atoms with van der Waals surface area (Å²) in [6.07, 6.45) is -4.64. The molecule has 0 aliphatic carbocycles. The Balaban J connectivity index is 3.07. The minimum Gasteiger partial charge on any atom is -0.388 e. The van der Waals surface area contributed by atoms with Crippen molar-refractivity contribution in [2.75, 3.05) is 0 Å². The number of aliphatic hydroxyl groups is 2. The molecule has 4 atom stereocenters. The fourth-order valence-corrected chi connectivity index (χ4v) is 2.24. The average molecular weight is 366 g/mol. The van der Waals surface area contributed by atoms with Crippen molar-refractivity contribution in [1.29, 1.82) is 0 Å². The molecule has 1 saturated heterocycles. The van der Waals surface area contributed by atoms with Crippen LogP contribution in [0.1, 0.15) is 34.1 Å². The molecule has 0 aromatic rings. The molecule has 0 saturated carbocycles. The minimum atomic E-state index is -2.58. The smallest absolute Gasteiger partial charge is 0.289 e. The molecular formula is C14H20ClNO8. The number of imide groups is 1. The van der Waals surface area contributed by atoms with Gasteiger partial charge in [-0.3, -0.25) is 24.0 Å². The van der Waals surface area contributed by atoms with Crippen molar-refractivity contribution in [3.63, 3.8) is 0 Å². The number of ether oxygens (including phenoxy) is 1. The normalized spacial score (nSPS) is 27.5. The van der Waals surface area contributed by atoms with Gasteiger partial charge in [-0.1, -0.05) is 11.6 Å². The van der Waals surface area contributed by atoms with Crippen LogP contribution in [-0.2, 0) is 28.8 Å². The highest BCUT2D eigenvalue weighted by atomic mass is 35.5. The number of carbonyl (C=O) groups is 4. The molecular weight excluding hydrogens is 346 g/mol. The van der Waals surface area contributed by atoms with Gasteiger partial charge in [-0.25, -0.2) is 0 Å². The maximum atomic E-state index is 12.5. The number of hydrogen-bond donors (Lipinski definition) is 2. The van der Waals surface area contributed by atoms with E-state index in [1.165, 1.54) is 6.92 Å². The molecule has 0 aromatic carbocycles. The number of carbonyl (C=O) groups excluding carboxylic acids is 4. The zero-order chi connectivity index (χ0) is 18.8. The molecule has 0 radical (unpaired) electrons. The highest BCUT2D eigenvalue weighted by molar-refractivity contribution is 6.57. The van der Waals surface area contributed by atoms with Gasteiger partial charge in [0.15, 0.2) is 17.9 Å². The molecule has 1 rings (SSSR count). The number of Topliss-reactive ketones (excluding diaryl/α,β-unsaturated/α-hetero) is 2. The van der Waals surface area contributed by atoms with Crippen LogP contribution in [-0.4, -0.2) is 68.1 Å². The summed E-state index contributed by atoms with van der Waals surface area (Å²) in [5.41, 5.74) is 0. The molecule has 0 spiro atoms. The second kappa shape index (κ2) is 7.66. The van der Waals surface area contributed by atoms with Gasteiger partial charge in [0.2, 0.25) is 10.8 Å². The van der Waals surface area contributed by atoms with Gasteiger partial charge < -0.3 is 14.9 Å². The summed E-state index contributed by atoms with van der Waals surface area (Å²) in [6, 6.07) is 0. The fraction of sp³-hybridized carbons (Fsp3) is 0.714. The largest absolute Gasteiger partial charge is 0.388 e. The number of aliphatic hydroxyl groups excluding tert-OH is 2. The molecule has 1 aliphatic rings. The first-order valence-corrected chi connectivity index (χ1v) is 7.55. The molecule has 10 heteroatoms. The molecule has 2 amide bonds. The third-order valence-corrected chi connectivity index (χ3v) is 4.35. The Labute approximate surface area is 143 Å². The van der Waals surface area contributed by atoms with Gasteiger partial charge in [0.1, 0.15) is 12.2 Å². The van der Waals surface area contributed by atoms with Gasteiger partial charge in [-0.15, -0.1) is 0 Å². The van der Waals surface area contributed by atoms with Gasteiger partial charge in [0.05, 0.1) is 6.10 Å². The summed E-state index contributed by atoms with van der Waals surface area (Å²) < 4.78 is 5.02. The summed E-state index contributed by atoms with van der Waals surface area (Å²) in [4.78, 5) is 50.2. The number of alkyl halides is 1. The lowest BCUT2D eigenvalue weighted by molar-refractivity contribution is -0.284. The third-order valence-electron chi connectivity index (χ3n) is 3.66. The summed E-state index contributed by atoms with van der Waals surface area (Å²) in [7, 11) is 0. The van der Waals surface area contributed by atoms with Crippen LogP contribution in [0.4, 0.5) is 0 Å². The number of hydrogen-bond acceptors (Lipinski definition) is 8. The fourth-order valence-electron chi connectivity index (χ4n) is 2.16. The lowest BCUT2D eigenvalue weighted by Gasteiger charge is -2.37. The lowest BCUT2D eigenvalue weighted by Crippen LogP contribution is -2.57. The maximum Gasteiger partial charge on any atom is 0.289 e. The number of rotatable bonds is 5. The Morgan fingerprint density at radius 3 is 2.08 bits per heavy atom. The first kappa shape index (κ1) is 20.7. The van der Waals surface area contributed by atoms with Gasteiger partial charge in [0.25, 0.3) is 5.91 Å². The highest BCUT2D eigenvalue weighted by Gasteiger charge is 2.51. The predicted molar refractivity (Wildman–Crippen MR) is 79.5 cm³/mol. The summed E-state index contributed by atoms with van der Waals surface area (Å²) >= 11 is 5.86. The van der Waals surface area contributed by atoms with Crippen LogP contribution in [0.15, 0.2) is 0 Å². The summed E-state index contributed by atoms with van der Waals surface area (Å²) in [6.45, 7) is 4.36. The monoisotopic (exact) mass is 365 g/mol. The van der Waals surface area contributed by atoms with Crippen molar-refractivity contribution in [2.45, 2.75) is 63.6 Å². The molecule has 0 bridgehead atoms. The van der Waals surface area contributed by atoms with Crippen LogP contribution in [0.3, 0.4) is 0 Å². The van der Waals surface area contributed by atoms with Crippen molar-refractivity contribution >= 4 is 35.0 Å². The quantitative estimate of drug-likeness (QED) is 0.372. The number of amides is 2. The Bertz CT molecular complexity index is 537. The number of nitrogens with zero attached hydrogens (tertiary/aromatic N) is 1. The minimum absolute atomic E-state index is 0.144. The van der Waals surface area contributed by atoms with Crippen molar-refractivity contribution in [3.05, 3.63) is 0 Å². The van der Waals surface area contributed by atoms with Gasteiger partial charge >= 0.3 is 0 Å². The van der Waals surface area contributed by atoms with Crippen LogP contribution >= 0.6 is 11.6 Å². The maximum absolute atomic E-state index is 12.5. The van der Waals surface area contributed by atoms with Crippen LogP contribution < -0.4 is 0 Å². The molecule has 24 heavy (non-hydrogen) atoms. The summed E-state index contributed by atoms with van der Waals surface area (Å²) in [5, 5.41) is 19.2. The molecule has 2 N–H and O–H groups in total. The topological polar surface area (TPSA) is 130 Å². The van der Waals surface area contributed by atoms with E-state index in [1.807, 2.05) is 0 Å². The molecule has 1 heterocycles. The first-order chi connectivity index (χ1) is 10.9. The Kier molecular flexibility index (Phi) is 6.59. The predicted octanol–water partition coefficient (Wildman–Crippen LogP) is -0.695. The average Bonchev–Trinajstić information content (AvgIpc) is 2.47. The highest BCUT2D eigenvalue weighted by Crippen LogP contribution is 2.26. The van der Waals surface area contributed by atoms with Gasteiger partial charge in [0, 0.05) is 13.3 Å². The zero-order valence-electron chi connectivity index (χ0n) is 13.7. The third kappa shape index (κ3) is 3.98. The molecule has 136 valence electrons. The van der Waals surface area contributed by atoms with Gasteiger partial charge in [-0.05, 0) is 20.8 Å². The summed E-state index contributed by atoms with van der Waals surface area (Å²) in [5.74, 6) is -4.18. The number of ketones is 2. The van der Waals surface area contributed by atoms with E-state index in [0.717, 1.165) is 20.8 Å². The SMILES string of the molecule is CC(=O)N(O[C@H]1C[C@H](O)[C@@H](O)O[C@@H]1C)C(=O)C(Cl)(C(C)=O)C(C)=O. The Morgan fingerprint density at radius 1 is 1.17 bits per heavy atom. The van der Waals surface area contributed by atoms with E-state index in [0.29, 0.717) is 0 Å². The Morgan fingerprint density at radius 2 is 1.67 bits per heavy atom. The first-order valence-electron chi connectivity index (χ1n) is 7.17. The second-order valence-electron chi connectivity index (χ2n) is 5.57. The zero-order valence-corrected chi connectivity index (χ0v) is 14.4. The second-order valence-corrected chi connectivity index (χ2v) is 6.14. The molecule has 1 fully saturated rings. The van der Waals surface area contributed by atoms with E-state index in [9.17, 15) is 29.4 Å². The van der Waals surface area contributed by atoms with Crippen molar-refractivity contribution in [1.82, 2.24) is 5.06 Å². The van der Waals surface area contributed by atoms with E-state index in [1.54, 1.807) is 0 Å². The van der Waals surface area contributed by atoms with E-state index in [2.05, 4.69) is 0 Å². The van der Waals surface area contributed by atoms with E-state index in [4.69, 9.17) is 21.2 Å². The van der Waals surface area contributed by atoms with Crippen LogP contribution in [0.2, 0.25) is 0 Å². The molecule has 0 aromatic heterocycles. The molecule has 0 unspecified atom stereocenters. The molecule has 9 nitrogen and oxygen atoms in total. The number of hydroxylamine groups is 2. The lowest BCUT2D eigenvalue weighted by atomic mass is 9.98. The van der Waals surface area contributed by atoms with Crippen LogP contribution in [0.25, 0.3) is 0 Å². The van der Waals surface area contributed by atoms with E-state index >= 15 is 0 Å². The molecule has 1 aliphatic heterocycles. The van der Waals surface area contributed by atoms with E-state index in [-0.39, 0.29) is 11.5 Å². The van der Waals surface area contributed by atoms with Crippen molar-refractivity contribution in [3.8, 4) is 0 Å². The van der Waals surface area contributed by atoms with Crippen LogP contribution in [0, 0.1) is 0 Å². The number of halogens is 1. The van der Waals surface area contributed by atoms with Crippen LogP contribution in [0.5, 0.6) is 0 Å². The van der Waals surface area contributed by atoms with E-state index < -0.39 is 52.9 Å². The van der Waals surface area contributed by atoms with Crippen molar-refractivity contribution < 1.29 is 39.0 Å². The van der Waals surface area contributed by atoms with Crippen molar-refractivity contribution in [2.24, 2.45) is 0 Å². The Hall–Kier alpha value is -1.39.